The molecule has 1 aromatic rings. The fourth-order valence-electron chi connectivity index (χ4n) is 8.11. The van der Waals surface area contributed by atoms with E-state index in [4.69, 9.17) is 9.47 Å². The smallest absolute Gasteiger partial charge is 0.172 e. The molecule has 0 radical (unpaired) electrons. The van der Waals surface area contributed by atoms with Crippen LogP contribution in [0, 0.1) is 23.2 Å². The Hall–Kier alpha value is -1.65. The summed E-state index contributed by atoms with van der Waals surface area (Å²) in [4.78, 5) is 15.5. The largest absolute Gasteiger partial charge is 0.378 e. The summed E-state index contributed by atoms with van der Waals surface area (Å²) in [6, 6.07) is 8.91. The van der Waals surface area contributed by atoms with Crippen LogP contribution in [0.5, 0.6) is 0 Å². The van der Waals surface area contributed by atoms with Gasteiger partial charge in [-0.3, -0.25) is 4.79 Å². The fourth-order valence-corrected chi connectivity index (χ4v) is 8.11. The number of fused-ring (bicyclic) bond motifs is 4. The Morgan fingerprint density at radius 3 is 2.50 bits per heavy atom. The van der Waals surface area contributed by atoms with Crippen molar-refractivity contribution < 1.29 is 14.3 Å². The van der Waals surface area contributed by atoms with E-state index >= 15 is 0 Å². The van der Waals surface area contributed by atoms with Gasteiger partial charge in [0.05, 0.1) is 13.2 Å². The molecule has 4 heteroatoms. The van der Waals surface area contributed by atoms with Crippen molar-refractivity contribution in [2.75, 3.05) is 32.2 Å². The summed E-state index contributed by atoms with van der Waals surface area (Å²) in [5.74, 6) is 2.18. The van der Waals surface area contributed by atoms with Crippen LogP contribution >= 0.6 is 0 Å². The third-order valence-electron chi connectivity index (χ3n) is 9.61. The van der Waals surface area contributed by atoms with Crippen molar-refractivity contribution >= 4 is 11.5 Å². The molecule has 0 amide bonds. The van der Waals surface area contributed by atoms with Crippen LogP contribution in [-0.2, 0) is 20.7 Å². The first-order chi connectivity index (χ1) is 15.5. The molecule has 32 heavy (non-hydrogen) atoms. The Bertz CT molecular complexity index is 927. The highest BCUT2D eigenvalue weighted by atomic mass is 16.7. The number of ketones is 1. The number of anilines is 1. The molecular formula is C28H37NO3. The van der Waals surface area contributed by atoms with Crippen LogP contribution in [0.1, 0.15) is 63.4 Å². The molecule has 1 saturated heterocycles. The lowest BCUT2D eigenvalue weighted by atomic mass is 9.52. The quantitative estimate of drug-likeness (QED) is 0.604. The lowest BCUT2D eigenvalue weighted by Gasteiger charge is -2.52. The van der Waals surface area contributed by atoms with Crippen molar-refractivity contribution in [3.05, 3.63) is 41.0 Å². The van der Waals surface area contributed by atoms with E-state index in [0.717, 1.165) is 58.2 Å². The SMILES string of the molecule is CN(C)c1ccc(C[C@]23CC[C@@H]4C5=C(CC[C@H]4[C@@H]2CCC3=O)CC2(CC5)OCCO2)cc1. The number of Topliss-reactive ketones (excluding diaryl/α,β-unsaturated/α-hetero) is 1. The number of nitrogens with zero attached hydrogens (tertiary/aromatic N) is 1. The van der Waals surface area contributed by atoms with Crippen molar-refractivity contribution in [3.63, 3.8) is 0 Å². The maximum atomic E-state index is 13.4. The van der Waals surface area contributed by atoms with Gasteiger partial charge in [-0.15, -0.1) is 0 Å². The summed E-state index contributed by atoms with van der Waals surface area (Å²) in [6.07, 6.45) is 10.7. The lowest BCUT2D eigenvalue weighted by Crippen LogP contribution is -2.47. The second kappa shape index (κ2) is 7.70. The Morgan fingerprint density at radius 1 is 0.969 bits per heavy atom. The highest BCUT2D eigenvalue weighted by molar-refractivity contribution is 5.88. The van der Waals surface area contributed by atoms with E-state index in [1.54, 1.807) is 11.1 Å². The lowest BCUT2D eigenvalue weighted by molar-refractivity contribution is -0.165. The minimum atomic E-state index is -0.313. The number of ether oxygens (including phenoxy) is 2. The van der Waals surface area contributed by atoms with Crippen LogP contribution in [-0.4, -0.2) is 38.9 Å². The van der Waals surface area contributed by atoms with Crippen molar-refractivity contribution in [3.8, 4) is 0 Å². The molecule has 6 rings (SSSR count). The summed E-state index contributed by atoms with van der Waals surface area (Å²) >= 11 is 0. The van der Waals surface area contributed by atoms with E-state index in [0.29, 0.717) is 23.5 Å². The van der Waals surface area contributed by atoms with Crippen LogP contribution in [0.2, 0.25) is 0 Å². The number of allylic oxidation sites excluding steroid dienone is 1. The van der Waals surface area contributed by atoms with Crippen LogP contribution in [0.3, 0.4) is 0 Å². The standard InChI is InChI=1S/C28H37NO3/c1-29(2)21-6-3-19(4-7-21)17-27-13-11-23-22-12-14-28(31-15-16-32-28)18-20(22)5-8-24(23)25(27)9-10-26(27)30/h3-4,6-7,23-25H,5,8-18H2,1-2H3/t23-,24-,25+,27-/m1/s1. The zero-order valence-corrected chi connectivity index (χ0v) is 19.7. The van der Waals surface area contributed by atoms with Crippen LogP contribution in [0.25, 0.3) is 0 Å². The van der Waals surface area contributed by atoms with Gasteiger partial charge in [0.25, 0.3) is 0 Å². The first-order valence-electron chi connectivity index (χ1n) is 12.8. The van der Waals surface area contributed by atoms with Crippen molar-refractivity contribution in [2.45, 2.75) is 70.0 Å². The second-order valence-corrected chi connectivity index (χ2v) is 11.2. The zero-order chi connectivity index (χ0) is 21.9. The molecule has 0 unspecified atom stereocenters. The Labute approximate surface area is 192 Å². The minimum absolute atomic E-state index is 0.119. The van der Waals surface area contributed by atoms with Gasteiger partial charge >= 0.3 is 0 Å². The molecule has 3 fully saturated rings. The van der Waals surface area contributed by atoms with Gasteiger partial charge in [-0.2, -0.15) is 0 Å². The maximum absolute atomic E-state index is 13.4. The molecule has 1 spiro atoms. The second-order valence-electron chi connectivity index (χ2n) is 11.2. The predicted octanol–water partition coefficient (Wildman–Crippen LogP) is 5.30. The summed E-state index contributed by atoms with van der Waals surface area (Å²) < 4.78 is 12.1. The molecule has 1 aliphatic heterocycles. The molecule has 4 atom stereocenters. The van der Waals surface area contributed by atoms with Crippen molar-refractivity contribution in [1.29, 1.82) is 0 Å². The molecule has 0 bridgehead atoms. The van der Waals surface area contributed by atoms with E-state index in [1.165, 1.54) is 30.5 Å². The van der Waals surface area contributed by atoms with Gasteiger partial charge in [-0.1, -0.05) is 23.3 Å². The monoisotopic (exact) mass is 435 g/mol. The molecule has 5 aliphatic rings. The summed E-state index contributed by atoms with van der Waals surface area (Å²) in [5, 5.41) is 0. The topological polar surface area (TPSA) is 38.8 Å². The molecule has 4 nitrogen and oxygen atoms in total. The highest BCUT2D eigenvalue weighted by Crippen LogP contribution is 2.61. The van der Waals surface area contributed by atoms with Crippen molar-refractivity contribution in [2.24, 2.45) is 23.2 Å². The predicted molar refractivity (Wildman–Crippen MR) is 126 cm³/mol. The molecule has 2 saturated carbocycles. The molecule has 1 heterocycles. The number of carbonyl (C=O) groups excluding carboxylic acids is 1. The van der Waals surface area contributed by atoms with Gasteiger partial charge in [0.1, 0.15) is 5.78 Å². The molecule has 1 aromatic carbocycles. The molecule has 0 aromatic heterocycles. The van der Waals surface area contributed by atoms with E-state index in [1.807, 2.05) is 0 Å². The Kier molecular flexibility index (Phi) is 5.03. The number of benzene rings is 1. The third kappa shape index (κ3) is 3.20. The first kappa shape index (κ1) is 20.9. The number of rotatable bonds is 3. The number of carbonyl (C=O) groups is 1. The Morgan fingerprint density at radius 2 is 1.75 bits per heavy atom. The third-order valence-corrected chi connectivity index (χ3v) is 9.61. The normalized spacial score (nSPS) is 35.6. The highest BCUT2D eigenvalue weighted by Gasteiger charge is 2.58. The summed E-state index contributed by atoms with van der Waals surface area (Å²) in [6.45, 7) is 1.49. The summed E-state index contributed by atoms with van der Waals surface area (Å²) in [5.41, 5.74) is 5.80. The summed E-state index contributed by atoms with van der Waals surface area (Å²) in [7, 11) is 4.16. The van der Waals surface area contributed by atoms with Crippen LogP contribution in [0.4, 0.5) is 5.69 Å². The maximum Gasteiger partial charge on any atom is 0.172 e. The van der Waals surface area contributed by atoms with E-state index in [9.17, 15) is 4.79 Å². The average molecular weight is 436 g/mol. The number of hydrogen-bond donors (Lipinski definition) is 0. The first-order valence-corrected chi connectivity index (χ1v) is 12.8. The average Bonchev–Trinajstić information content (AvgIpc) is 3.38. The van der Waals surface area contributed by atoms with Gasteiger partial charge in [0.15, 0.2) is 5.79 Å². The number of hydrogen-bond acceptors (Lipinski definition) is 4. The van der Waals surface area contributed by atoms with E-state index in [-0.39, 0.29) is 11.2 Å². The van der Waals surface area contributed by atoms with E-state index in [2.05, 4.69) is 43.3 Å². The zero-order valence-electron chi connectivity index (χ0n) is 19.7. The van der Waals surface area contributed by atoms with Gasteiger partial charge in [0, 0.05) is 44.5 Å². The molecular weight excluding hydrogens is 398 g/mol. The van der Waals surface area contributed by atoms with Gasteiger partial charge in [-0.05, 0) is 80.4 Å². The minimum Gasteiger partial charge on any atom is -0.378 e. The van der Waals surface area contributed by atoms with Crippen LogP contribution < -0.4 is 4.90 Å². The molecule has 4 aliphatic carbocycles. The van der Waals surface area contributed by atoms with E-state index < -0.39 is 0 Å². The Balaban J connectivity index is 1.25. The molecule has 172 valence electrons. The van der Waals surface area contributed by atoms with Crippen molar-refractivity contribution in [1.82, 2.24) is 0 Å². The fraction of sp³-hybridized carbons (Fsp3) is 0.679. The van der Waals surface area contributed by atoms with Gasteiger partial charge in [0.2, 0.25) is 0 Å². The molecule has 0 N–H and O–H groups in total. The van der Waals surface area contributed by atoms with Crippen LogP contribution in [0.15, 0.2) is 35.4 Å². The van der Waals surface area contributed by atoms with Gasteiger partial charge in [-0.25, -0.2) is 0 Å². The van der Waals surface area contributed by atoms with Gasteiger partial charge < -0.3 is 14.4 Å².